The first-order valence-electron chi connectivity index (χ1n) is 4.49. The molecule has 1 aromatic heterocycles. The van der Waals surface area contributed by atoms with E-state index in [2.05, 4.69) is 28.5 Å². The molecule has 3 nitrogen and oxygen atoms in total. The van der Waals surface area contributed by atoms with E-state index in [4.69, 9.17) is 11.6 Å². The van der Waals surface area contributed by atoms with Crippen LogP contribution in [-0.2, 0) is 0 Å². The second-order valence-electron chi connectivity index (χ2n) is 3.06. The Hall–Kier alpha value is -0.130. The highest BCUT2D eigenvalue weighted by molar-refractivity contribution is 7.98. The molecule has 0 aliphatic rings. The van der Waals surface area contributed by atoms with Crippen molar-refractivity contribution in [3.63, 3.8) is 0 Å². The highest BCUT2D eigenvalue weighted by atomic mass is 35.5. The molecule has 15 heavy (non-hydrogen) atoms. The van der Waals surface area contributed by atoms with E-state index >= 15 is 0 Å². The minimum absolute atomic E-state index is 0.376. The fourth-order valence-corrected chi connectivity index (χ4v) is 2.30. The van der Waals surface area contributed by atoms with Crippen molar-refractivity contribution in [1.82, 2.24) is 9.97 Å². The van der Waals surface area contributed by atoms with E-state index in [1.54, 1.807) is 17.8 Å². The van der Waals surface area contributed by atoms with E-state index in [1.807, 2.05) is 6.26 Å². The summed E-state index contributed by atoms with van der Waals surface area (Å²) in [6, 6.07) is 2.12. The van der Waals surface area contributed by atoms with E-state index in [-0.39, 0.29) is 0 Å². The fourth-order valence-electron chi connectivity index (χ4n) is 1.11. The van der Waals surface area contributed by atoms with Crippen LogP contribution in [0.3, 0.4) is 0 Å². The molecule has 0 fully saturated rings. The van der Waals surface area contributed by atoms with Crippen molar-refractivity contribution >= 4 is 40.9 Å². The Balaban J connectivity index is 2.71. The van der Waals surface area contributed by atoms with Gasteiger partial charge in [0.05, 0.1) is 0 Å². The van der Waals surface area contributed by atoms with Crippen LogP contribution in [0.15, 0.2) is 11.2 Å². The van der Waals surface area contributed by atoms with Crippen LogP contribution in [0.1, 0.15) is 6.92 Å². The molecule has 0 aliphatic heterocycles. The molecule has 1 unspecified atom stereocenters. The molecule has 1 rings (SSSR count). The molecule has 1 heterocycles. The summed E-state index contributed by atoms with van der Waals surface area (Å²) < 4.78 is 0. The van der Waals surface area contributed by atoms with Crippen LogP contribution in [0.4, 0.5) is 5.82 Å². The summed E-state index contributed by atoms with van der Waals surface area (Å²) in [5, 5.41) is 4.46. The Morgan fingerprint density at radius 3 is 2.80 bits per heavy atom. The second kappa shape index (κ2) is 6.45. The van der Waals surface area contributed by atoms with Gasteiger partial charge < -0.3 is 5.32 Å². The fraction of sp³-hybridized carbons (Fsp3) is 0.556. The number of hydrogen-bond donors (Lipinski definition) is 1. The molecule has 0 aromatic carbocycles. The van der Waals surface area contributed by atoms with Crippen molar-refractivity contribution in [1.29, 1.82) is 0 Å². The summed E-state index contributed by atoms with van der Waals surface area (Å²) in [5.41, 5.74) is 0. The molecule has 0 saturated carbocycles. The van der Waals surface area contributed by atoms with Gasteiger partial charge in [-0.3, -0.25) is 0 Å². The number of hydrogen-bond acceptors (Lipinski definition) is 5. The topological polar surface area (TPSA) is 37.8 Å². The van der Waals surface area contributed by atoms with Crippen LogP contribution in [-0.4, -0.2) is 34.3 Å². The van der Waals surface area contributed by atoms with Gasteiger partial charge in [0.2, 0.25) is 0 Å². The molecule has 0 saturated heterocycles. The van der Waals surface area contributed by atoms with Gasteiger partial charge >= 0.3 is 0 Å². The van der Waals surface area contributed by atoms with Crippen molar-refractivity contribution < 1.29 is 0 Å². The van der Waals surface area contributed by atoms with Crippen molar-refractivity contribution in [3.05, 3.63) is 11.2 Å². The number of halogens is 1. The lowest BCUT2D eigenvalue weighted by atomic mass is 10.4. The molecule has 0 radical (unpaired) electrons. The van der Waals surface area contributed by atoms with Crippen LogP contribution in [0.2, 0.25) is 5.15 Å². The summed E-state index contributed by atoms with van der Waals surface area (Å²) >= 11 is 9.16. The molecular formula is C9H14ClN3S2. The molecular weight excluding hydrogens is 250 g/mol. The number of anilines is 1. The van der Waals surface area contributed by atoms with E-state index in [1.165, 1.54) is 11.8 Å². The third kappa shape index (κ3) is 4.49. The molecule has 84 valence electrons. The highest BCUT2D eigenvalue weighted by Gasteiger charge is 2.05. The van der Waals surface area contributed by atoms with Gasteiger partial charge in [-0.1, -0.05) is 23.4 Å². The van der Waals surface area contributed by atoms with E-state index in [9.17, 15) is 0 Å². The quantitative estimate of drug-likeness (QED) is 0.502. The SMILES string of the molecule is CSCC(C)Nc1cc(Cl)nc(SC)n1. The van der Waals surface area contributed by atoms with E-state index < -0.39 is 0 Å². The molecule has 0 bridgehead atoms. The highest BCUT2D eigenvalue weighted by Crippen LogP contribution is 2.18. The largest absolute Gasteiger partial charge is 0.367 e. The normalized spacial score (nSPS) is 12.5. The number of nitrogens with zero attached hydrogens (tertiary/aromatic N) is 2. The Labute approximate surface area is 104 Å². The lowest BCUT2D eigenvalue weighted by Gasteiger charge is -2.13. The average molecular weight is 264 g/mol. The van der Waals surface area contributed by atoms with Gasteiger partial charge in [-0.2, -0.15) is 11.8 Å². The summed E-state index contributed by atoms with van der Waals surface area (Å²) in [6.07, 6.45) is 4.01. The van der Waals surface area contributed by atoms with Crippen LogP contribution in [0.5, 0.6) is 0 Å². The summed E-state index contributed by atoms with van der Waals surface area (Å²) in [7, 11) is 0. The number of aromatic nitrogens is 2. The van der Waals surface area contributed by atoms with E-state index in [0.717, 1.165) is 11.6 Å². The zero-order chi connectivity index (χ0) is 11.3. The molecule has 0 aliphatic carbocycles. The van der Waals surface area contributed by atoms with Crippen LogP contribution >= 0.6 is 35.1 Å². The second-order valence-corrected chi connectivity index (χ2v) is 5.13. The first-order valence-corrected chi connectivity index (χ1v) is 7.49. The predicted octanol–water partition coefficient (Wildman–Crippen LogP) is 3.02. The summed E-state index contributed by atoms with van der Waals surface area (Å²) in [4.78, 5) is 8.40. The van der Waals surface area contributed by atoms with Gasteiger partial charge in [0, 0.05) is 17.9 Å². The predicted molar refractivity (Wildman–Crippen MR) is 70.3 cm³/mol. The molecule has 6 heteroatoms. The van der Waals surface area contributed by atoms with Crippen molar-refractivity contribution in [3.8, 4) is 0 Å². The number of rotatable bonds is 5. The van der Waals surface area contributed by atoms with Crippen LogP contribution in [0, 0.1) is 0 Å². The molecule has 0 spiro atoms. The smallest absolute Gasteiger partial charge is 0.190 e. The molecule has 1 atom stereocenters. The summed E-state index contributed by atoms with van der Waals surface area (Å²) in [6.45, 7) is 2.12. The lowest BCUT2D eigenvalue weighted by Crippen LogP contribution is -2.18. The maximum atomic E-state index is 5.88. The Morgan fingerprint density at radius 2 is 2.20 bits per heavy atom. The zero-order valence-corrected chi connectivity index (χ0v) is 11.3. The van der Waals surface area contributed by atoms with Gasteiger partial charge in [-0.25, -0.2) is 9.97 Å². The molecule has 1 N–H and O–H groups in total. The third-order valence-electron chi connectivity index (χ3n) is 1.67. The maximum Gasteiger partial charge on any atom is 0.190 e. The van der Waals surface area contributed by atoms with Gasteiger partial charge in [-0.15, -0.1) is 0 Å². The van der Waals surface area contributed by atoms with Gasteiger partial charge in [-0.05, 0) is 19.4 Å². The average Bonchev–Trinajstić information content (AvgIpc) is 2.17. The van der Waals surface area contributed by atoms with Gasteiger partial charge in [0.1, 0.15) is 11.0 Å². The Bertz CT molecular complexity index is 322. The lowest BCUT2D eigenvalue weighted by molar-refractivity contribution is 0.878. The Kier molecular flexibility index (Phi) is 5.56. The van der Waals surface area contributed by atoms with Crippen LogP contribution < -0.4 is 5.32 Å². The zero-order valence-electron chi connectivity index (χ0n) is 8.95. The van der Waals surface area contributed by atoms with Crippen molar-refractivity contribution in [2.45, 2.75) is 18.1 Å². The molecule has 0 amide bonds. The minimum atomic E-state index is 0.376. The summed E-state index contributed by atoms with van der Waals surface area (Å²) in [5.74, 6) is 1.83. The third-order valence-corrected chi connectivity index (χ3v) is 3.24. The molecule has 1 aromatic rings. The minimum Gasteiger partial charge on any atom is -0.367 e. The van der Waals surface area contributed by atoms with Gasteiger partial charge in [0.15, 0.2) is 5.16 Å². The van der Waals surface area contributed by atoms with Crippen molar-refractivity contribution in [2.75, 3.05) is 23.6 Å². The van der Waals surface area contributed by atoms with Crippen molar-refractivity contribution in [2.24, 2.45) is 0 Å². The van der Waals surface area contributed by atoms with E-state index in [0.29, 0.717) is 16.4 Å². The monoisotopic (exact) mass is 263 g/mol. The maximum absolute atomic E-state index is 5.88. The van der Waals surface area contributed by atoms with Crippen LogP contribution in [0.25, 0.3) is 0 Å². The first kappa shape index (κ1) is 12.9. The first-order chi connectivity index (χ1) is 7.15. The van der Waals surface area contributed by atoms with Gasteiger partial charge in [0.25, 0.3) is 0 Å². The number of nitrogens with one attached hydrogen (secondary N) is 1. The Morgan fingerprint density at radius 1 is 1.47 bits per heavy atom. The standard InChI is InChI=1S/C9H14ClN3S2/c1-6(5-14-2)11-8-4-7(10)12-9(13-8)15-3/h4,6H,5H2,1-3H3,(H,11,12,13). The number of thioether (sulfide) groups is 2.